The minimum absolute atomic E-state index is 0.101. The lowest BCUT2D eigenvalue weighted by Gasteiger charge is -2.40. The highest BCUT2D eigenvalue weighted by Crippen LogP contribution is 2.30. The van der Waals surface area contributed by atoms with Crippen molar-refractivity contribution in [3.05, 3.63) is 34.9 Å². The van der Waals surface area contributed by atoms with Crippen molar-refractivity contribution in [3.8, 4) is 0 Å². The number of likely N-dealkylation sites (tertiary alicyclic amines) is 1. The Labute approximate surface area is 123 Å². The van der Waals surface area contributed by atoms with Crippen molar-refractivity contribution in [2.24, 2.45) is 0 Å². The number of halogens is 1. The molecule has 1 aliphatic rings. The molecule has 2 heteroatoms. The third-order valence-electron chi connectivity index (χ3n) is 4.51. The van der Waals surface area contributed by atoms with Crippen molar-refractivity contribution in [1.82, 2.24) is 4.90 Å². The molecule has 0 spiro atoms. The molecule has 1 aromatic rings. The maximum absolute atomic E-state index is 6.69. The highest BCUT2D eigenvalue weighted by molar-refractivity contribution is 6.21. The molecule has 3 unspecified atom stereocenters. The summed E-state index contributed by atoms with van der Waals surface area (Å²) < 4.78 is 0. The quantitative estimate of drug-likeness (QED) is 0.715. The summed E-state index contributed by atoms with van der Waals surface area (Å²) in [5.74, 6) is 0. The zero-order valence-corrected chi connectivity index (χ0v) is 13.4. The summed E-state index contributed by atoms with van der Waals surface area (Å²) in [5, 5.41) is 0.101. The van der Waals surface area contributed by atoms with Crippen LogP contribution in [0.25, 0.3) is 0 Å². The maximum atomic E-state index is 6.69. The second-order valence-electron chi connectivity index (χ2n) is 6.15. The third-order valence-corrected chi connectivity index (χ3v) is 4.88. The van der Waals surface area contributed by atoms with Gasteiger partial charge in [0.2, 0.25) is 0 Å². The molecule has 0 saturated carbocycles. The first-order valence-electron chi connectivity index (χ1n) is 7.46. The van der Waals surface area contributed by atoms with Gasteiger partial charge in [0.15, 0.2) is 0 Å². The number of benzene rings is 1. The fourth-order valence-electron chi connectivity index (χ4n) is 3.30. The van der Waals surface area contributed by atoms with E-state index in [2.05, 4.69) is 50.8 Å². The van der Waals surface area contributed by atoms with Crippen LogP contribution in [0.1, 0.15) is 55.2 Å². The smallest absolute Gasteiger partial charge is 0.0715 e. The molecule has 2 rings (SSSR count). The van der Waals surface area contributed by atoms with Crippen LogP contribution in [-0.4, -0.2) is 23.5 Å². The van der Waals surface area contributed by atoms with E-state index in [4.69, 9.17) is 11.6 Å². The van der Waals surface area contributed by atoms with Gasteiger partial charge in [-0.2, -0.15) is 0 Å². The lowest BCUT2D eigenvalue weighted by molar-refractivity contribution is 0.103. The second kappa shape index (κ2) is 6.28. The summed E-state index contributed by atoms with van der Waals surface area (Å²) in [6, 6.07) is 7.92. The van der Waals surface area contributed by atoms with E-state index in [0.717, 1.165) is 6.54 Å². The van der Waals surface area contributed by atoms with Gasteiger partial charge in [0.05, 0.1) is 5.38 Å². The van der Waals surface area contributed by atoms with Crippen molar-refractivity contribution < 1.29 is 0 Å². The number of alkyl halides is 1. The summed E-state index contributed by atoms with van der Waals surface area (Å²) in [6.07, 6.45) is 3.97. The van der Waals surface area contributed by atoms with Crippen LogP contribution in [0, 0.1) is 13.8 Å². The molecule has 0 aromatic heterocycles. The van der Waals surface area contributed by atoms with E-state index in [1.807, 2.05) is 0 Å². The summed E-state index contributed by atoms with van der Waals surface area (Å²) in [7, 11) is 0. The second-order valence-corrected chi connectivity index (χ2v) is 6.68. The standard InChI is InChI=1S/C17H26ClN/c1-12-8-9-16(13(2)10-12)17(18)11-19-14(3)6-5-7-15(19)4/h8-10,14-15,17H,5-7,11H2,1-4H3. The number of hydrogen-bond donors (Lipinski definition) is 0. The Balaban J connectivity index is 2.09. The Morgan fingerprint density at radius 1 is 1.21 bits per heavy atom. The van der Waals surface area contributed by atoms with Crippen LogP contribution in [0.15, 0.2) is 18.2 Å². The van der Waals surface area contributed by atoms with Crippen molar-refractivity contribution >= 4 is 11.6 Å². The summed E-state index contributed by atoms with van der Waals surface area (Å²) in [5.41, 5.74) is 3.92. The van der Waals surface area contributed by atoms with Crippen LogP contribution in [0.2, 0.25) is 0 Å². The highest BCUT2D eigenvalue weighted by Gasteiger charge is 2.27. The molecule has 0 N–H and O–H groups in total. The van der Waals surface area contributed by atoms with Gasteiger partial charge in [-0.15, -0.1) is 11.6 Å². The van der Waals surface area contributed by atoms with Gasteiger partial charge in [0, 0.05) is 18.6 Å². The van der Waals surface area contributed by atoms with Crippen LogP contribution in [0.4, 0.5) is 0 Å². The fourth-order valence-corrected chi connectivity index (χ4v) is 3.70. The van der Waals surface area contributed by atoms with Crippen LogP contribution in [0.5, 0.6) is 0 Å². The lowest BCUT2D eigenvalue weighted by Crippen LogP contribution is -2.45. The Hall–Kier alpha value is -0.530. The SMILES string of the molecule is Cc1ccc(C(Cl)CN2C(C)CCCC2C)c(C)c1. The van der Waals surface area contributed by atoms with E-state index >= 15 is 0 Å². The first-order valence-corrected chi connectivity index (χ1v) is 7.89. The monoisotopic (exact) mass is 279 g/mol. The molecule has 0 aliphatic carbocycles. The lowest BCUT2D eigenvalue weighted by atomic mass is 9.96. The molecule has 19 heavy (non-hydrogen) atoms. The number of nitrogens with zero attached hydrogens (tertiary/aromatic N) is 1. The van der Waals surface area contributed by atoms with Gasteiger partial charge in [-0.05, 0) is 51.7 Å². The predicted molar refractivity (Wildman–Crippen MR) is 84.0 cm³/mol. The zero-order valence-electron chi connectivity index (χ0n) is 12.6. The van der Waals surface area contributed by atoms with Crippen molar-refractivity contribution in [1.29, 1.82) is 0 Å². The molecule has 1 aromatic carbocycles. The van der Waals surface area contributed by atoms with Crippen LogP contribution < -0.4 is 0 Å². The van der Waals surface area contributed by atoms with Crippen LogP contribution in [0.3, 0.4) is 0 Å². The molecular formula is C17H26ClN. The van der Waals surface area contributed by atoms with E-state index in [1.165, 1.54) is 36.0 Å². The Morgan fingerprint density at radius 3 is 2.42 bits per heavy atom. The largest absolute Gasteiger partial charge is 0.296 e. The molecule has 1 nitrogen and oxygen atoms in total. The number of aryl methyl sites for hydroxylation is 2. The van der Waals surface area contributed by atoms with Gasteiger partial charge in [0.25, 0.3) is 0 Å². The molecule has 0 amide bonds. The van der Waals surface area contributed by atoms with E-state index in [-0.39, 0.29) is 5.38 Å². The van der Waals surface area contributed by atoms with Gasteiger partial charge < -0.3 is 0 Å². The van der Waals surface area contributed by atoms with Crippen molar-refractivity contribution in [3.63, 3.8) is 0 Å². The van der Waals surface area contributed by atoms with Gasteiger partial charge in [0.1, 0.15) is 0 Å². The average Bonchev–Trinajstić information content (AvgIpc) is 2.33. The van der Waals surface area contributed by atoms with Gasteiger partial charge >= 0.3 is 0 Å². The minimum atomic E-state index is 0.101. The number of piperidine rings is 1. The molecule has 106 valence electrons. The van der Waals surface area contributed by atoms with Gasteiger partial charge in [-0.25, -0.2) is 0 Å². The van der Waals surface area contributed by atoms with E-state index in [1.54, 1.807) is 0 Å². The highest BCUT2D eigenvalue weighted by atomic mass is 35.5. The minimum Gasteiger partial charge on any atom is -0.296 e. The Kier molecular flexibility index (Phi) is 4.92. The molecule has 1 heterocycles. The van der Waals surface area contributed by atoms with Crippen LogP contribution >= 0.6 is 11.6 Å². The van der Waals surface area contributed by atoms with E-state index in [0.29, 0.717) is 12.1 Å². The number of rotatable bonds is 3. The summed E-state index contributed by atoms with van der Waals surface area (Å²) in [4.78, 5) is 2.58. The van der Waals surface area contributed by atoms with Gasteiger partial charge in [-0.3, -0.25) is 4.90 Å². The fraction of sp³-hybridized carbons (Fsp3) is 0.647. The Bertz CT molecular complexity index is 419. The molecule has 1 fully saturated rings. The van der Waals surface area contributed by atoms with Crippen molar-refractivity contribution in [2.45, 2.75) is 64.4 Å². The number of hydrogen-bond acceptors (Lipinski definition) is 1. The Morgan fingerprint density at radius 2 is 1.84 bits per heavy atom. The molecule has 1 saturated heterocycles. The molecule has 3 atom stereocenters. The zero-order chi connectivity index (χ0) is 14.0. The molecule has 1 aliphatic heterocycles. The molecular weight excluding hydrogens is 254 g/mol. The normalized spacial score (nSPS) is 26.4. The first kappa shape index (κ1) is 14.9. The maximum Gasteiger partial charge on any atom is 0.0715 e. The molecule has 0 radical (unpaired) electrons. The van der Waals surface area contributed by atoms with E-state index in [9.17, 15) is 0 Å². The van der Waals surface area contributed by atoms with E-state index < -0.39 is 0 Å². The summed E-state index contributed by atoms with van der Waals surface area (Å²) >= 11 is 6.69. The van der Waals surface area contributed by atoms with Gasteiger partial charge in [-0.1, -0.05) is 30.2 Å². The summed E-state index contributed by atoms with van der Waals surface area (Å²) in [6.45, 7) is 9.94. The van der Waals surface area contributed by atoms with Crippen LogP contribution in [-0.2, 0) is 0 Å². The van der Waals surface area contributed by atoms with Crippen molar-refractivity contribution in [2.75, 3.05) is 6.54 Å². The third kappa shape index (κ3) is 3.52. The molecule has 0 bridgehead atoms. The predicted octanol–water partition coefficient (Wildman–Crippen LogP) is 4.85. The topological polar surface area (TPSA) is 3.24 Å². The average molecular weight is 280 g/mol. The first-order chi connectivity index (χ1) is 8.99.